The third kappa shape index (κ3) is 3.27. The highest BCUT2D eigenvalue weighted by Crippen LogP contribution is 2.28. The minimum atomic E-state index is -0.0411. The molecule has 0 atom stereocenters. The number of amides is 1. The lowest BCUT2D eigenvalue weighted by Crippen LogP contribution is -2.29. The summed E-state index contributed by atoms with van der Waals surface area (Å²) in [7, 11) is 1.79. The first-order valence-electron chi connectivity index (χ1n) is 7.65. The van der Waals surface area contributed by atoms with E-state index in [-0.39, 0.29) is 12.0 Å². The molecular formula is C18H20N2O2. The van der Waals surface area contributed by atoms with Gasteiger partial charge >= 0.3 is 0 Å². The maximum absolute atomic E-state index is 12.7. The molecule has 1 aliphatic rings. The van der Waals surface area contributed by atoms with Gasteiger partial charge in [-0.3, -0.25) is 9.78 Å². The molecule has 2 aromatic rings. The van der Waals surface area contributed by atoms with E-state index < -0.39 is 0 Å². The molecule has 1 aliphatic carbocycles. The van der Waals surface area contributed by atoms with E-state index >= 15 is 0 Å². The molecule has 114 valence electrons. The fourth-order valence-corrected chi connectivity index (χ4v) is 2.43. The van der Waals surface area contributed by atoms with Crippen LogP contribution in [-0.2, 0) is 6.54 Å². The van der Waals surface area contributed by atoms with Gasteiger partial charge in [0.1, 0.15) is 5.75 Å². The van der Waals surface area contributed by atoms with E-state index in [1.54, 1.807) is 18.1 Å². The number of hydrogen-bond donors (Lipinski definition) is 0. The van der Waals surface area contributed by atoms with E-state index in [1.165, 1.54) is 6.42 Å². The van der Waals surface area contributed by atoms with Crippen LogP contribution in [-0.4, -0.2) is 28.9 Å². The summed E-state index contributed by atoms with van der Waals surface area (Å²) < 4.78 is 5.94. The number of ether oxygens (including phenoxy) is 1. The van der Waals surface area contributed by atoms with Gasteiger partial charge in [-0.2, -0.15) is 0 Å². The third-order valence-corrected chi connectivity index (χ3v) is 3.94. The van der Waals surface area contributed by atoms with E-state index in [0.717, 1.165) is 18.5 Å². The van der Waals surface area contributed by atoms with Crippen LogP contribution < -0.4 is 4.74 Å². The van der Waals surface area contributed by atoms with Crippen molar-refractivity contribution in [2.75, 3.05) is 7.05 Å². The van der Waals surface area contributed by atoms with Crippen molar-refractivity contribution in [3.8, 4) is 5.75 Å². The fourth-order valence-electron chi connectivity index (χ4n) is 2.43. The maximum Gasteiger partial charge on any atom is 0.257 e. The second kappa shape index (κ2) is 6.60. The Kier molecular flexibility index (Phi) is 4.37. The van der Waals surface area contributed by atoms with Gasteiger partial charge in [0.15, 0.2) is 0 Å². The molecule has 4 nitrogen and oxygen atoms in total. The molecule has 0 radical (unpaired) electrons. The highest BCUT2D eigenvalue weighted by Gasteiger charge is 2.23. The topological polar surface area (TPSA) is 42.4 Å². The molecule has 0 N–H and O–H groups in total. The Balaban J connectivity index is 1.73. The summed E-state index contributed by atoms with van der Waals surface area (Å²) in [5.41, 5.74) is 1.49. The minimum Gasteiger partial charge on any atom is -0.490 e. The summed E-state index contributed by atoms with van der Waals surface area (Å²) in [6, 6.07) is 13.2. The second-order valence-corrected chi connectivity index (χ2v) is 5.65. The number of carbonyl (C=O) groups is 1. The number of para-hydroxylation sites is 1. The first kappa shape index (κ1) is 14.6. The summed E-state index contributed by atoms with van der Waals surface area (Å²) in [5, 5.41) is 0. The van der Waals surface area contributed by atoms with Gasteiger partial charge < -0.3 is 9.64 Å². The summed E-state index contributed by atoms with van der Waals surface area (Å²) in [4.78, 5) is 18.6. The van der Waals surface area contributed by atoms with Gasteiger partial charge in [0.05, 0.1) is 23.9 Å². The zero-order valence-electron chi connectivity index (χ0n) is 12.7. The van der Waals surface area contributed by atoms with Crippen LogP contribution in [0.3, 0.4) is 0 Å². The fraction of sp³-hybridized carbons (Fsp3) is 0.333. The molecular weight excluding hydrogens is 276 g/mol. The molecule has 4 heteroatoms. The number of nitrogens with zero attached hydrogens (tertiary/aromatic N) is 2. The molecule has 3 rings (SSSR count). The smallest absolute Gasteiger partial charge is 0.257 e. The SMILES string of the molecule is CN(Cc1ccccn1)C(=O)c1ccccc1OC1CCC1. The van der Waals surface area contributed by atoms with Crippen LogP contribution in [0.1, 0.15) is 35.3 Å². The maximum atomic E-state index is 12.7. The van der Waals surface area contributed by atoms with Crippen LogP contribution in [0, 0.1) is 0 Å². The van der Waals surface area contributed by atoms with Crippen LogP contribution in [0.4, 0.5) is 0 Å². The van der Waals surface area contributed by atoms with Crippen LogP contribution >= 0.6 is 0 Å². The van der Waals surface area contributed by atoms with Crippen LogP contribution in [0.5, 0.6) is 5.75 Å². The van der Waals surface area contributed by atoms with Gasteiger partial charge in [0.25, 0.3) is 5.91 Å². The van der Waals surface area contributed by atoms with Crippen molar-refractivity contribution in [1.82, 2.24) is 9.88 Å². The summed E-state index contributed by atoms with van der Waals surface area (Å²) in [6.07, 6.45) is 5.36. The van der Waals surface area contributed by atoms with E-state index in [0.29, 0.717) is 17.9 Å². The summed E-state index contributed by atoms with van der Waals surface area (Å²) in [6.45, 7) is 0.484. The Morgan fingerprint density at radius 1 is 1.23 bits per heavy atom. The molecule has 1 saturated carbocycles. The first-order valence-corrected chi connectivity index (χ1v) is 7.65. The molecule has 0 unspecified atom stereocenters. The number of rotatable bonds is 5. The van der Waals surface area contributed by atoms with Crippen molar-refractivity contribution in [2.45, 2.75) is 31.9 Å². The van der Waals surface area contributed by atoms with E-state index in [2.05, 4.69) is 4.98 Å². The zero-order chi connectivity index (χ0) is 15.4. The normalized spacial score (nSPS) is 14.2. The standard InChI is InChI=1S/C18H20N2O2/c1-20(13-14-7-4-5-12-19-14)18(21)16-10-2-3-11-17(16)22-15-8-6-9-15/h2-5,7,10-12,15H,6,8-9,13H2,1H3. The van der Waals surface area contributed by atoms with Gasteiger partial charge in [-0.15, -0.1) is 0 Å². The monoisotopic (exact) mass is 296 g/mol. The average molecular weight is 296 g/mol. The van der Waals surface area contributed by atoms with Crippen molar-refractivity contribution >= 4 is 5.91 Å². The zero-order valence-corrected chi connectivity index (χ0v) is 12.7. The molecule has 1 amide bonds. The largest absolute Gasteiger partial charge is 0.490 e. The molecule has 0 bridgehead atoms. The molecule has 1 heterocycles. The Morgan fingerprint density at radius 2 is 2.00 bits per heavy atom. The molecule has 0 aliphatic heterocycles. The van der Waals surface area contributed by atoms with Gasteiger partial charge in [-0.05, 0) is 43.5 Å². The van der Waals surface area contributed by atoms with Crippen molar-refractivity contribution < 1.29 is 9.53 Å². The lowest BCUT2D eigenvalue weighted by molar-refractivity contribution is 0.0764. The van der Waals surface area contributed by atoms with E-state index in [9.17, 15) is 4.79 Å². The Hall–Kier alpha value is -2.36. The van der Waals surface area contributed by atoms with Crippen LogP contribution in [0.15, 0.2) is 48.7 Å². The Labute approximate surface area is 130 Å². The first-order chi connectivity index (χ1) is 10.7. The number of aromatic nitrogens is 1. The Morgan fingerprint density at radius 3 is 2.68 bits per heavy atom. The molecule has 22 heavy (non-hydrogen) atoms. The quantitative estimate of drug-likeness (QED) is 0.850. The predicted molar refractivity (Wildman–Crippen MR) is 84.7 cm³/mol. The highest BCUT2D eigenvalue weighted by molar-refractivity contribution is 5.96. The van der Waals surface area contributed by atoms with Crippen molar-refractivity contribution in [3.63, 3.8) is 0 Å². The molecule has 1 aromatic heterocycles. The lowest BCUT2D eigenvalue weighted by Gasteiger charge is -2.28. The van der Waals surface area contributed by atoms with Crippen molar-refractivity contribution in [2.24, 2.45) is 0 Å². The predicted octanol–water partition coefficient (Wildman–Crippen LogP) is 3.29. The second-order valence-electron chi connectivity index (χ2n) is 5.65. The average Bonchev–Trinajstić information content (AvgIpc) is 2.51. The van der Waals surface area contributed by atoms with Gasteiger partial charge in [-0.1, -0.05) is 18.2 Å². The number of pyridine rings is 1. The molecule has 0 spiro atoms. The van der Waals surface area contributed by atoms with Gasteiger partial charge in [-0.25, -0.2) is 0 Å². The van der Waals surface area contributed by atoms with Crippen LogP contribution in [0.25, 0.3) is 0 Å². The third-order valence-electron chi connectivity index (χ3n) is 3.94. The molecule has 1 aromatic carbocycles. The minimum absolute atomic E-state index is 0.0411. The molecule has 0 saturated heterocycles. The van der Waals surface area contributed by atoms with E-state index in [1.807, 2.05) is 42.5 Å². The van der Waals surface area contributed by atoms with Gasteiger partial charge in [0, 0.05) is 13.2 Å². The molecule has 1 fully saturated rings. The summed E-state index contributed by atoms with van der Waals surface area (Å²) in [5.74, 6) is 0.644. The van der Waals surface area contributed by atoms with Gasteiger partial charge in [0.2, 0.25) is 0 Å². The summed E-state index contributed by atoms with van der Waals surface area (Å²) >= 11 is 0. The number of benzene rings is 1. The number of carbonyl (C=O) groups excluding carboxylic acids is 1. The number of hydrogen-bond acceptors (Lipinski definition) is 3. The van der Waals surface area contributed by atoms with Crippen molar-refractivity contribution in [3.05, 3.63) is 59.9 Å². The van der Waals surface area contributed by atoms with E-state index in [4.69, 9.17) is 4.74 Å². The Bertz CT molecular complexity index is 639. The lowest BCUT2D eigenvalue weighted by atomic mass is 9.96. The van der Waals surface area contributed by atoms with Crippen molar-refractivity contribution in [1.29, 1.82) is 0 Å². The van der Waals surface area contributed by atoms with Crippen LogP contribution in [0.2, 0.25) is 0 Å². The highest BCUT2D eigenvalue weighted by atomic mass is 16.5.